The Kier molecular flexibility index (Phi) is 5.77. The average Bonchev–Trinajstić information content (AvgIpc) is 2.29. The Morgan fingerprint density at radius 2 is 2.25 bits per heavy atom. The molecule has 0 aromatic carbocycles. The summed E-state index contributed by atoms with van der Waals surface area (Å²) in [5.74, 6) is 0.312. The molecule has 2 unspecified atom stereocenters. The first-order chi connectivity index (χ1) is 7.65. The average molecular weight is 229 g/mol. The number of nitrogens with one attached hydrogen (secondary N) is 1. The zero-order valence-corrected chi connectivity index (χ0v) is 10.2. The number of rotatable bonds is 5. The minimum absolute atomic E-state index is 0.0214. The van der Waals surface area contributed by atoms with Crippen LogP contribution in [-0.2, 0) is 9.53 Å². The number of ether oxygens (including phenoxy) is 1. The topological polar surface area (TPSA) is 58.6 Å². The standard InChI is InChI=1S/C12H23NO3/c1-9(2)10(6-7-14)13-12(15)11-5-3-4-8-16-11/h9-11,14H,3-8H2,1-2H3,(H,13,15). The predicted molar refractivity (Wildman–Crippen MR) is 62.1 cm³/mol. The van der Waals surface area contributed by atoms with Gasteiger partial charge in [-0.1, -0.05) is 13.8 Å². The molecule has 0 aliphatic carbocycles. The summed E-state index contributed by atoms with van der Waals surface area (Å²) < 4.78 is 5.42. The lowest BCUT2D eigenvalue weighted by Crippen LogP contribution is -2.46. The molecule has 1 fully saturated rings. The highest BCUT2D eigenvalue weighted by Crippen LogP contribution is 2.14. The van der Waals surface area contributed by atoms with Crippen molar-refractivity contribution in [1.82, 2.24) is 5.32 Å². The smallest absolute Gasteiger partial charge is 0.249 e. The molecule has 0 aromatic heterocycles. The zero-order valence-electron chi connectivity index (χ0n) is 10.2. The van der Waals surface area contributed by atoms with Crippen LogP contribution in [0, 0.1) is 5.92 Å². The molecule has 0 saturated carbocycles. The van der Waals surface area contributed by atoms with Crippen molar-refractivity contribution in [2.24, 2.45) is 5.92 Å². The van der Waals surface area contributed by atoms with Crippen LogP contribution in [0.15, 0.2) is 0 Å². The van der Waals surface area contributed by atoms with Crippen LogP contribution in [0.25, 0.3) is 0 Å². The summed E-state index contributed by atoms with van der Waals surface area (Å²) in [7, 11) is 0. The molecule has 2 atom stereocenters. The molecule has 0 spiro atoms. The maximum atomic E-state index is 11.9. The van der Waals surface area contributed by atoms with Gasteiger partial charge >= 0.3 is 0 Å². The third kappa shape index (κ3) is 4.10. The molecule has 0 bridgehead atoms. The lowest BCUT2D eigenvalue weighted by Gasteiger charge is -2.26. The predicted octanol–water partition coefficient (Wildman–Crippen LogP) is 1.08. The summed E-state index contributed by atoms with van der Waals surface area (Å²) in [4.78, 5) is 11.9. The van der Waals surface area contributed by atoms with Gasteiger partial charge in [0.1, 0.15) is 6.10 Å². The maximum absolute atomic E-state index is 11.9. The molecule has 0 radical (unpaired) electrons. The van der Waals surface area contributed by atoms with E-state index in [0.717, 1.165) is 19.3 Å². The number of carbonyl (C=O) groups excluding carboxylic acids is 1. The van der Waals surface area contributed by atoms with E-state index in [-0.39, 0.29) is 24.7 Å². The van der Waals surface area contributed by atoms with Gasteiger partial charge in [0, 0.05) is 19.3 Å². The Morgan fingerprint density at radius 3 is 2.75 bits per heavy atom. The lowest BCUT2D eigenvalue weighted by atomic mass is 10.0. The third-order valence-electron chi connectivity index (χ3n) is 3.04. The molecule has 2 N–H and O–H groups in total. The van der Waals surface area contributed by atoms with Gasteiger partial charge in [-0.2, -0.15) is 0 Å². The highest BCUT2D eigenvalue weighted by atomic mass is 16.5. The molecular formula is C12H23NO3. The van der Waals surface area contributed by atoms with Gasteiger partial charge in [-0.05, 0) is 31.6 Å². The first-order valence-corrected chi connectivity index (χ1v) is 6.18. The van der Waals surface area contributed by atoms with Crippen LogP contribution in [0.4, 0.5) is 0 Å². The first kappa shape index (κ1) is 13.5. The Labute approximate surface area is 97.4 Å². The molecule has 1 saturated heterocycles. The monoisotopic (exact) mass is 229 g/mol. The van der Waals surface area contributed by atoms with Crippen LogP contribution in [0.2, 0.25) is 0 Å². The second-order valence-corrected chi connectivity index (χ2v) is 4.73. The largest absolute Gasteiger partial charge is 0.396 e. The summed E-state index contributed by atoms with van der Waals surface area (Å²) in [6.45, 7) is 4.88. The molecular weight excluding hydrogens is 206 g/mol. The Morgan fingerprint density at radius 1 is 1.50 bits per heavy atom. The van der Waals surface area contributed by atoms with Gasteiger partial charge in [0.05, 0.1) is 0 Å². The molecule has 1 rings (SSSR count). The van der Waals surface area contributed by atoms with Gasteiger partial charge in [0.15, 0.2) is 0 Å². The van der Waals surface area contributed by atoms with Gasteiger partial charge < -0.3 is 15.2 Å². The SMILES string of the molecule is CC(C)C(CCO)NC(=O)C1CCCCO1. The quantitative estimate of drug-likeness (QED) is 0.741. The molecule has 1 amide bonds. The number of amides is 1. The molecule has 4 heteroatoms. The maximum Gasteiger partial charge on any atom is 0.249 e. The van der Waals surface area contributed by atoms with Crippen molar-refractivity contribution in [2.45, 2.75) is 51.7 Å². The van der Waals surface area contributed by atoms with E-state index in [2.05, 4.69) is 5.32 Å². The highest BCUT2D eigenvalue weighted by Gasteiger charge is 2.24. The van der Waals surface area contributed by atoms with Crippen molar-refractivity contribution < 1.29 is 14.6 Å². The van der Waals surface area contributed by atoms with E-state index < -0.39 is 0 Å². The third-order valence-corrected chi connectivity index (χ3v) is 3.04. The molecule has 1 aliphatic rings. The Bertz CT molecular complexity index is 212. The van der Waals surface area contributed by atoms with Crippen LogP contribution < -0.4 is 5.32 Å². The number of hydrogen-bond acceptors (Lipinski definition) is 3. The fraction of sp³-hybridized carbons (Fsp3) is 0.917. The van der Waals surface area contributed by atoms with Crippen LogP contribution >= 0.6 is 0 Å². The first-order valence-electron chi connectivity index (χ1n) is 6.18. The van der Waals surface area contributed by atoms with Crippen molar-refractivity contribution in [3.05, 3.63) is 0 Å². The van der Waals surface area contributed by atoms with E-state index in [1.165, 1.54) is 0 Å². The Balaban J connectivity index is 2.40. The van der Waals surface area contributed by atoms with E-state index >= 15 is 0 Å². The van der Waals surface area contributed by atoms with Crippen LogP contribution in [0.5, 0.6) is 0 Å². The molecule has 1 aliphatic heterocycles. The van der Waals surface area contributed by atoms with E-state index in [9.17, 15) is 4.79 Å². The molecule has 4 nitrogen and oxygen atoms in total. The van der Waals surface area contributed by atoms with Crippen LogP contribution in [-0.4, -0.2) is 36.4 Å². The van der Waals surface area contributed by atoms with E-state index in [1.807, 2.05) is 13.8 Å². The van der Waals surface area contributed by atoms with E-state index in [0.29, 0.717) is 18.9 Å². The summed E-state index contributed by atoms with van der Waals surface area (Å²) >= 11 is 0. The van der Waals surface area contributed by atoms with Gasteiger partial charge in [0.2, 0.25) is 5.91 Å². The Hall–Kier alpha value is -0.610. The minimum Gasteiger partial charge on any atom is -0.396 e. The summed E-state index contributed by atoms with van der Waals surface area (Å²) in [6.07, 6.45) is 3.25. The number of carbonyl (C=O) groups is 1. The summed E-state index contributed by atoms with van der Waals surface area (Å²) in [6, 6.07) is 0.0445. The van der Waals surface area contributed by atoms with Crippen molar-refractivity contribution in [3.8, 4) is 0 Å². The number of aliphatic hydroxyl groups is 1. The van der Waals surface area contributed by atoms with Crippen molar-refractivity contribution >= 4 is 5.91 Å². The lowest BCUT2D eigenvalue weighted by molar-refractivity contribution is -0.136. The van der Waals surface area contributed by atoms with Gasteiger partial charge in [-0.3, -0.25) is 4.79 Å². The van der Waals surface area contributed by atoms with Gasteiger partial charge in [-0.25, -0.2) is 0 Å². The fourth-order valence-corrected chi connectivity index (χ4v) is 1.93. The number of aliphatic hydroxyl groups excluding tert-OH is 1. The number of hydrogen-bond donors (Lipinski definition) is 2. The second-order valence-electron chi connectivity index (χ2n) is 4.73. The van der Waals surface area contributed by atoms with Crippen molar-refractivity contribution in [3.63, 3.8) is 0 Å². The zero-order chi connectivity index (χ0) is 12.0. The molecule has 94 valence electrons. The molecule has 1 heterocycles. The molecule has 0 aromatic rings. The summed E-state index contributed by atoms with van der Waals surface area (Å²) in [5.41, 5.74) is 0. The second kappa shape index (κ2) is 6.86. The van der Waals surface area contributed by atoms with Gasteiger partial charge in [0.25, 0.3) is 0 Å². The van der Waals surface area contributed by atoms with Crippen LogP contribution in [0.3, 0.4) is 0 Å². The van der Waals surface area contributed by atoms with E-state index in [4.69, 9.17) is 9.84 Å². The van der Waals surface area contributed by atoms with Crippen LogP contribution in [0.1, 0.15) is 39.5 Å². The van der Waals surface area contributed by atoms with Gasteiger partial charge in [-0.15, -0.1) is 0 Å². The van der Waals surface area contributed by atoms with Crippen molar-refractivity contribution in [2.75, 3.05) is 13.2 Å². The highest BCUT2D eigenvalue weighted by molar-refractivity contribution is 5.81. The molecule has 16 heavy (non-hydrogen) atoms. The summed E-state index contributed by atoms with van der Waals surface area (Å²) in [5, 5.41) is 11.9. The normalized spacial score (nSPS) is 23.1. The van der Waals surface area contributed by atoms with Crippen molar-refractivity contribution in [1.29, 1.82) is 0 Å². The van der Waals surface area contributed by atoms with E-state index in [1.54, 1.807) is 0 Å². The minimum atomic E-state index is -0.284. The fourth-order valence-electron chi connectivity index (χ4n) is 1.93.